The van der Waals surface area contributed by atoms with E-state index in [0.29, 0.717) is 6.54 Å². The minimum Gasteiger partial charge on any atom is -0.388 e. The molecule has 15 heavy (non-hydrogen) atoms. The van der Waals surface area contributed by atoms with Crippen LogP contribution in [0.2, 0.25) is 0 Å². The van der Waals surface area contributed by atoms with Crippen molar-refractivity contribution < 1.29 is 5.11 Å². The zero-order valence-electron chi connectivity index (χ0n) is 8.98. The monoisotopic (exact) mass is 225 g/mol. The number of aliphatic hydroxyl groups excluding tert-OH is 1. The molecule has 0 spiro atoms. The molecule has 0 bridgehead atoms. The lowest BCUT2D eigenvalue weighted by molar-refractivity contribution is 0.000975. The molecule has 2 rings (SSSR count). The van der Waals surface area contributed by atoms with Crippen LogP contribution in [0.5, 0.6) is 0 Å². The fraction of sp³-hybridized carbons (Fsp3) is 0.667. The molecular formula is C12H19NOS. The van der Waals surface area contributed by atoms with Crippen molar-refractivity contribution in [2.24, 2.45) is 11.1 Å². The van der Waals surface area contributed by atoms with Gasteiger partial charge in [-0.2, -0.15) is 11.3 Å². The third kappa shape index (κ3) is 2.10. The molecular weight excluding hydrogens is 206 g/mol. The molecule has 1 atom stereocenters. The predicted molar refractivity (Wildman–Crippen MR) is 63.9 cm³/mol. The first kappa shape index (κ1) is 11.1. The summed E-state index contributed by atoms with van der Waals surface area (Å²) >= 11 is 1.64. The third-order valence-electron chi connectivity index (χ3n) is 3.69. The van der Waals surface area contributed by atoms with Gasteiger partial charge in [-0.25, -0.2) is 0 Å². The van der Waals surface area contributed by atoms with Gasteiger partial charge in [0.2, 0.25) is 0 Å². The Labute approximate surface area is 95.1 Å². The number of hydrogen-bond acceptors (Lipinski definition) is 3. The molecule has 2 nitrogen and oxygen atoms in total. The van der Waals surface area contributed by atoms with Gasteiger partial charge >= 0.3 is 0 Å². The van der Waals surface area contributed by atoms with Crippen molar-refractivity contribution in [3.63, 3.8) is 0 Å². The van der Waals surface area contributed by atoms with E-state index in [1.165, 1.54) is 19.3 Å². The van der Waals surface area contributed by atoms with E-state index in [9.17, 15) is 5.11 Å². The number of nitrogens with two attached hydrogens (primary N) is 1. The van der Waals surface area contributed by atoms with Crippen molar-refractivity contribution in [1.82, 2.24) is 0 Å². The van der Waals surface area contributed by atoms with Crippen LogP contribution in [0.1, 0.15) is 43.8 Å². The van der Waals surface area contributed by atoms with E-state index in [2.05, 4.69) is 0 Å². The Kier molecular flexibility index (Phi) is 3.44. The van der Waals surface area contributed by atoms with E-state index < -0.39 is 0 Å². The minimum absolute atomic E-state index is 0.0562. The molecule has 1 aliphatic carbocycles. The molecule has 0 aromatic carbocycles. The van der Waals surface area contributed by atoms with Crippen LogP contribution >= 0.6 is 11.3 Å². The van der Waals surface area contributed by atoms with Crippen LogP contribution in [0, 0.1) is 5.41 Å². The van der Waals surface area contributed by atoms with E-state index in [4.69, 9.17) is 5.73 Å². The molecule has 1 fully saturated rings. The fourth-order valence-corrected chi connectivity index (χ4v) is 3.31. The molecule has 0 saturated heterocycles. The van der Waals surface area contributed by atoms with Gasteiger partial charge in [0.15, 0.2) is 0 Å². The maximum absolute atomic E-state index is 10.4. The van der Waals surface area contributed by atoms with Gasteiger partial charge < -0.3 is 10.8 Å². The summed E-state index contributed by atoms with van der Waals surface area (Å²) in [6.07, 6.45) is 5.48. The zero-order valence-corrected chi connectivity index (χ0v) is 9.80. The number of aliphatic hydroxyl groups is 1. The number of thiophene rings is 1. The quantitative estimate of drug-likeness (QED) is 0.831. The average molecular weight is 225 g/mol. The van der Waals surface area contributed by atoms with Gasteiger partial charge in [0.25, 0.3) is 0 Å². The van der Waals surface area contributed by atoms with Crippen LogP contribution in [-0.2, 0) is 0 Å². The molecule has 1 aliphatic rings. The normalized spacial score (nSPS) is 22.5. The third-order valence-corrected chi connectivity index (χ3v) is 4.40. The highest BCUT2D eigenvalue weighted by atomic mass is 32.1. The molecule has 3 heteroatoms. The summed E-state index contributed by atoms with van der Waals surface area (Å²) in [5.41, 5.74) is 6.88. The van der Waals surface area contributed by atoms with E-state index in [-0.39, 0.29) is 11.5 Å². The van der Waals surface area contributed by atoms with E-state index >= 15 is 0 Å². The second-order valence-corrected chi connectivity index (χ2v) is 5.37. The molecule has 0 radical (unpaired) electrons. The Morgan fingerprint density at radius 3 is 2.67 bits per heavy atom. The Morgan fingerprint density at radius 2 is 2.13 bits per heavy atom. The second kappa shape index (κ2) is 4.64. The zero-order chi connectivity index (χ0) is 10.7. The van der Waals surface area contributed by atoms with Gasteiger partial charge in [-0.1, -0.05) is 19.3 Å². The number of hydrogen-bond donors (Lipinski definition) is 2. The predicted octanol–water partition coefficient (Wildman–Crippen LogP) is 2.69. The Bertz CT molecular complexity index is 291. The summed E-state index contributed by atoms with van der Waals surface area (Å²) in [7, 11) is 0. The van der Waals surface area contributed by atoms with Crippen molar-refractivity contribution in [3.05, 3.63) is 22.4 Å². The Hall–Kier alpha value is -0.380. The van der Waals surface area contributed by atoms with Crippen molar-refractivity contribution in [2.75, 3.05) is 6.54 Å². The van der Waals surface area contributed by atoms with Gasteiger partial charge in [0.05, 0.1) is 6.10 Å². The highest BCUT2D eigenvalue weighted by Crippen LogP contribution is 2.45. The molecule has 0 amide bonds. The van der Waals surface area contributed by atoms with Crippen LogP contribution in [0.25, 0.3) is 0 Å². The van der Waals surface area contributed by atoms with Gasteiger partial charge in [-0.05, 0) is 35.2 Å². The lowest BCUT2D eigenvalue weighted by atomic mass is 9.69. The Balaban J connectivity index is 2.18. The fourth-order valence-electron chi connectivity index (χ4n) is 2.63. The molecule has 1 heterocycles. The average Bonchev–Trinajstić information content (AvgIpc) is 2.82. The van der Waals surface area contributed by atoms with E-state index in [1.807, 2.05) is 16.8 Å². The smallest absolute Gasteiger partial charge is 0.0866 e. The maximum Gasteiger partial charge on any atom is 0.0866 e. The van der Waals surface area contributed by atoms with Gasteiger partial charge in [-0.3, -0.25) is 0 Å². The lowest BCUT2D eigenvalue weighted by Gasteiger charge is -2.40. The highest BCUT2D eigenvalue weighted by molar-refractivity contribution is 7.07. The van der Waals surface area contributed by atoms with Crippen LogP contribution < -0.4 is 5.73 Å². The van der Waals surface area contributed by atoms with Gasteiger partial charge in [0, 0.05) is 12.0 Å². The van der Waals surface area contributed by atoms with Gasteiger partial charge in [-0.15, -0.1) is 0 Å². The molecule has 1 aromatic rings. The first-order chi connectivity index (χ1) is 7.28. The minimum atomic E-state index is -0.367. The lowest BCUT2D eigenvalue weighted by Crippen LogP contribution is -2.38. The Morgan fingerprint density at radius 1 is 1.40 bits per heavy atom. The van der Waals surface area contributed by atoms with Gasteiger partial charge in [0.1, 0.15) is 0 Å². The van der Waals surface area contributed by atoms with E-state index in [0.717, 1.165) is 18.4 Å². The summed E-state index contributed by atoms with van der Waals surface area (Å²) in [4.78, 5) is 0. The van der Waals surface area contributed by atoms with Crippen molar-refractivity contribution >= 4 is 11.3 Å². The largest absolute Gasteiger partial charge is 0.388 e. The summed E-state index contributed by atoms with van der Waals surface area (Å²) in [6, 6.07) is 2.02. The summed E-state index contributed by atoms with van der Waals surface area (Å²) in [6.45, 7) is 0.601. The van der Waals surface area contributed by atoms with Crippen LogP contribution in [0.3, 0.4) is 0 Å². The molecule has 1 aromatic heterocycles. The number of rotatable bonds is 3. The standard InChI is InChI=1S/C12H19NOS/c13-9-12(5-2-1-3-6-12)11(14)10-4-7-15-8-10/h4,7-8,11,14H,1-3,5-6,9,13H2. The highest BCUT2D eigenvalue weighted by Gasteiger charge is 2.38. The van der Waals surface area contributed by atoms with Crippen LogP contribution in [0.4, 0.5) is 0 Å². The summed E-state index contributed by atoms with van der Waals surface area (Å²) in [5.74, 6) is 0. The molecule has 1 unspecified atom stereocenters. The first-order valence-corrected chi connectivity index (χ1v) is 6.63. The second-order valence-electron chi connectivity index (χ2n) is 4.59. The molecule has 1 saturated carbocycles. The van der Waals surface area contributed by atoms with Crippen molar-refractivity contribution in [3.8, 4) is 0 Å². The SMILES string of the molecule is NCC1(C(O)c2ccsc2)CCCCC1. The summed E-state index contributed by atoms with van der Waals surface area (Å²) in [5, 5.41) is 14.5. The maximum atomic E-state index is 10.4. The first-order valence-electron chi connectivity index (χ1n) is 5.69. The molecule has 3 N–H and O–H groups in total. The van der Waals surface area contributed by atoms with Crippen LogP contribution in [0.15, 0.2) is 16.8 Å². The van der Waals surface area contributed by atoms with E-state index in [1.54, 1.807) is 11.3 Å². The van der Waals surface area contributed by atoms with Crippen LogP contribution in [-0.4, -0.2) is 11.7 Å². The van der Waals surface area contributed by atoms with Crippen molar-refractivity contribution in [2.45, 2.75) is 38.2 Å². The topological polar surface area (TPSA) is 46.2 Å². The van der Waals surface area contributed by atoms with Crippen molar-refractivity contribution in [1.29, 1.82) is 0 Å². The molecule has 84 valence electrons. The molecule has 0 aliphatic heterocycles. The summed E-state index contributed by atoms with van der Waals surface area (Å²) < 4.78 is 0.